The number of hydrogen-bond donors (Lipinski definition) is 2. The maximum atomic E-state index is 14.0. The summed E-state index contributed by atoms with van der Waals surface area (Å²) in [6.45, 7) is 0. The Morgan fingerprint density at radius 3 is 0.956 bits per heavy atom. The Morgan fingerprint density at radius 2 is 0.622 bits per heavy atom. The first-order chi connectivity index (χ1) is 21.8. The van der Waals surface area contributed by atoms with Crippen molar-refractivity contribution in [3.63, 3.8) is 0 Å². The molecule has 8 nitrogen and oxygen atoms in total. The third-order valence-electron chi connectivity index (χ3n) is 6.61. The van der Waals surface area contributed by atoms with E-state index in [9.17, 15) is 8.42 Å². The molecular weight excluding hydrogens is 588 g/mol. The average molecular weight is 617 g/mol. The van der Waals surface area contributed by atoms with Crippen LogP contribution in [0, 0.1) is 0 Å². The predicted molar refractivity (Wildman–Crippen MR) is 173 cm³/mol. The van der Waals surface area contributed by atoms with Crippen molar-refractivity contribution in [1.82, 2.24) is 0 Å². The molecule has 0 unspecified atom stereocenters. The summed E-state index contributed by atoms with van der Waals surface area (Å²) in [5.74, 6) is 3.66. The zero-order chi connectivity index (χ0) is 31.2. The molecule has 6 aromatic rings. The van der Waals surface area contributed by atoms with Gasteiger partial charge >= 0.3 is 0 Å². The molecule has 4 N–H and O–H groups in total. The molecule has 0 bridgehead atoms. The number of benzene rings is 6. The molecule has 0 aliphatic carbocycles. The molecule has 0 saturated carbocycles. The molecular formula is C36H28N2O6S. The van der Waals surface area contributed by atoms with Gasteiger partial charge in [0.2, 0.25) is 9.84 Å². The van der Waals surface area contributed by atoms with Crippen LogP contribution in [-0.2, 0) is 9.84 Å². The first-order valence-corrected chi connectivity index (χ1v) is 15.4. The number of nitrogen functional groups attached to an aromatic ring is 2. The Hall–Kier alpha value is -5.93. The van der Waals surface area contributed by atoms with Gasteiger partial charge in [0.05, 0.1) is 0 Å². The van der Waals surface area contributed by atoms with E-state index in [1.54, 1.807) is 133 Å². The van der Waals surface area contributed by atoms with Crippen molar-refractivity contribution in [3.8, 4) is 46.0 Å². The zero-order valence-corrected chi connectivity index (χ0v) is 24.7. The van der Waals surface area contributed by atoms with E-state index in [1.165, 1.54) is 12.1 Å². The van der Waals surface area contributed by atoms with Gasteiger partial charge in [0.15, 0.2) is 0 Å². The third kappa shape index (κ3) is 7.01. The first-order valence-electron chi connectivity index (χ1n) is 13.9. The summed E-state index contributed by atoms with van der Waals surface area (Å²) >= 11 is 0. The Bertz CT molecular complexity index is 1870. The summed E-state index contributed by atoms with van der Waals surface area (Å²) in [5.41, 5.74) is 12.8. The highest BCUT2D eigenvalue weighted by Crippen LogP contribution is 2.38. The standard InChI is InChI=1S/C36H28N2O6S/c37-25-9-13-27(14-10-25)41-29-17-21-31(22-18-29)43-33-5-1-3-7-35(33)45(39,40)36-8-4-2-6-34(36)44-32-23-19-30(20-24-32)42-28-15-11-26(38)12-16-28/h1-24H,37-38H2. The highest BCUT2D eigenvalue weighted by Gasteiger charge is 2.26. The Balaban J connectivity index is 1.20. The summed E-state index contributed by atoms with van der Waals surface area (Å²) < 4.78 is 51.8. The smallest absolute Gasteiger partial charge is 0.213 e. The van der Waals surface area contributed by atoms with E-state index in [1.807, 2.05) is 0 Å². The summed E-state index contributed by atoms with van der Waals surface area (Å²) in [6.07, 6.45) is 0. The molecule has 0 atom stereocenters. The molecule has 0 fully saturated rings. The van der Waals surface area contributed by atoms with Crippen molar-refractivity contribution in [2.45, 2.75) is 9.79 Å². The van der Waals surface area contributed by atoms with Crippen LogP contribution in [0.4, 0.5) is 11.4 Å². The summed E-state index contributed by atoms with van der Waals surface area (Å²) in [7, 11) is -4.07. The number of nitrogens with two attached hydrogens (primary N) is 2. The van der Waals surface area contributed by atoms with Gasteiger partial charge in [-0.2, -0.15) is 0 Å². The number of para-hydroxylation sites is 2. The number of hydrogen-bond acceptors (Lipinski definition) is 8. The van der Waals surface area contributed by atoms with E-state index in [0.717, 1.165) is 0 Å². The second-order valence-corrected chi connectivity index (χ2v) is 11.8. The number of ether oxygens (including phenoxy) is 4. The molecule has 0 aromatic heterocycles. The second kappa shape index (κ2) is 12.7. The van der Waals surface area contributed by atoms with E-state index in [0.29, 0.717) is 45.9 Å². The fourth-order valence-corrected chi connectivity index (χ4v) is 5.88. The lowest BCUT2D eigenvalue weighted by Crippen LogP contribution is -2.06. The minimum Gasteiger partial charge on any atom is -0.457 e. The van der Waals surface area contributed by atoms with Crippen molar-refractivity contribution >= 4 is 21.2 Å². The Kier molecular flexibility index (Phi) is 8.26. The van der Waals surface area contributed by atoms with Gasteiger partial charge in [-0.05, 0) is 121 Å². The summed E-state index contributed by atoms with van der Waals surface area (Å²) in [4.78, 5) is -0.00834. The van der Waals surface area contributed by atoms with Crippen molar-refractivity contribution < 1.29 is 27.4 Å². The van der Waals surface area contributed by atoms with E-state index in [4.69, 9.17) is 30.4 Å². The minimum absolute atomic E-state index is 0.00417. The molecule has 45 heavy (non-hydrogen) atoms. The first kappa shape index (κ1) is 29.2. The normalized spacial score (nSPS) is 11.0. The maximum absolute atomic E-state index is 14.0. The molecule has 0 aliphatic heterocycles. The summed E-state index contributed by atoms with van der Waals surface area (Å²) in [6, 6.07) is 40.8. The number of sulfone groups is 1. The van der Waals surface area contributed by atoms with Gasteiger partial charge in [-0.15, -0.1) is 0 Å². The van der Waals surface area contributed by atoms with E-state index >= 15 is 0 Å². The van der Waals surface area contributed by atoms with Gasteiger partial charge < -0.3 is 30.4 Å². The van der Waals surface area contributed by atoms with Crippen LogP contribution in [0.2, 0.25) is 0 Å². The van der Waals surface area contributed by atoms with Crippen LogP contribution < -0.4 is 30.4 Å². The number of anilines is 2. The molecule has 9 heteroatoms. The quantitative estimate of drug-likeness (QED) is 0.146. The fraction of sp³-hybridized carbons (Fsp3) is 0. The van der Waals surface area contributed by atoms with Crippen LogP contribution in [0.1, 0.15) is 0 Å². The van der Waals surface area contributed by atoms with Crippen LogP contribution in [0.5, 0.6) is 46.0 Å². The van der Waals surface area contributed by atoms with Crippen molar-refractivity contribution in [3.05, 3.63) is 146 Å². The van der Waals surface area contributed by atoms with Crippen LogP contribution in [0.15, 0.2) is 155 Å². The lowest BCUT2D eigenvalue weighted by Gasteiger charge is -2.15. The topological polar surface area (TPSA) is 123 Å². The SMILES string of the molecule is Nc1ccc(Oc2ccc(Oc3ccccc3S(=O)(=O)c3ccccc3Oc3ccc(Oc4ccc(N)cc4)cc3)cc2)cc1. The van der Waals surface area contributed by atoms with Crippen LogP contribution in [-0.4, -0.2) is 8.42 Å². The van der Waals surface area contributed by atoms with E-state index in [-0.39, 0.29) is 21.3 Å². The van der Waals surface area contributed by atoms with Crippen LogP contribution in [0.25, 0.3) is 0 Å². The van der Waals surface area contributed by atoms with E-state index in [2.05, 4.69) is 0 Å². The fourth-order valence-electron chi connectivity index (χ4n) is 4.38. The van der Waals surface area contributed by atoms with Gasteiger partial charge in [0.1, 0.15) is 55.8 Å². The monoisotopic (exact) mass is 616 g/mol. The highest BCUT2D eigenvalue weighted by atomic mass is 32.2. The number of rotatable bonds is 10. The van der Waals surface area contributed by atoms with Crippen molar-refractivity contribution in [2.24, 2.45) is 0 Å². The van der Waals surface area contributed by atoms with Crippen LogP contribution >= 0.6 is 0 Å². The van der Waals surface area contributed by atoms with Gasteiger partial charge in [-0.3, -0.25) is 0 Å². The Morgan fingerprint density at radius 1 is 0.356 bits per heavy atom. The molecule has 224 valence electrons. The molecule has 0 aliphatic rings. The second-order valence-electron chi connectivity index (χ2n) is 9.89. The molecule has 6 rings (SSSR count). The van der Waals surface area contributed by atoms with Crippen molar-refractivity contribution in [1.29, 1.82) is 0 Å². The molecule has 0 saturated heterocycles. The average Bonchev–Trinajstić information content (AvgIpc) is 3.05. The molecule has 0 amide bonds. The van der Waals surface area contributed by atoms with Gasteiger partial charge in [0.25, 0.3) is 0 Å². The van der Waals surface area contributed by atoms with E-state index < -0.39 is 9.84 Å². The molecule has 6 aromatic carbocycles. The highest BCUT2D eigenvalue weighted by molar-refractivity contribution is 7.91. The minimum atomic E-state index is -4.07. The third-order valence-corrected chi connectivity index (χ3v) is 8.44. The van der Waals surface area contributed by atoms with Gasteiger partial charge in [0, 0.05) is 11.4 Å². The zero-order valence-electron chi connectivity index (χ0n) is 23.9. The maximum Gasteiger partial charge on any atom is 0.213 e. The molecule has 0 heterocycles. The predicted octanol–water partition coefficient (Wildman–Crippen LogP) is 8.85. The molecule has 0 radical (unpaired) electrons. The largest absolute Gasteiger partial charge is 0.457 e. The lowest BCUT2D eigenvalue weighted by atomic mass is 10.3. The van der Waals surface area contributed by atoms with Gasteiger partial charge in [-0.1, -0.05) is 24.3 Å². The van der Waals surface area contributed by atoms with Crippen LogP contribution in [0.3, 0.4) is 0 Å². The van der Waals surface area contributed by atoms with Gasteiger partial charge in [-0.25, -0.2) is 8.42 Å². The lowest BCUT2D eigenvalue weighted by molar-refractivity contribution is 0.455. The Labute approximate surface area is 260 Å². The van der Waals surface area contributed by atoms with Crippen molar-refractivity contribution in [2.75, 3.05) is 11.5 Å². The summed E-state index contributed by atoms with van der Waals surface area (Å²) in [5, 5.41) is 0. The molecule has 0 spiro atoms.